The van der Waals surface area contributed by atoms with Gasteiger partial charge in [0.2, 0.25) is 0 Å². The van der Waals surface area contributed by atoms with Gasteiger partial charge in [-0.1, -0.05) is 6.92 Å². The van der Waals surface area contributed by atoms with Crippen LogP contribution in [0.4, 0.5) is 4.39 Å². The van der Waals surface area contributed by atoms with E-state index in [1.165, 1.54) is 12.1 Å². The van der Waals surface area contributed by atoms with Gasteiger partial charge in [0.25, 0.3) is 0 Å². The Kier molecular flexibility index (Phi) is 4.71. The molecule has 2 rings (SSSR count). The van der Waals surface area contributed by atoms with Crippen LogP contribution >= 0.6 is 22.6 Å². The van der Waals surface area contributed by atoms with E-state index in [4.69, 9.17) is 0 Å². The zero-order chi connectivity index (χ0) is 13.0. The fraction of sp³-hybridized carbons (Fsp3) is 0.308. The average Bonchev–Trinajstić information content (AvgIpc) is 2.78. The lowest BCUT2D eigenvalue weighted by atomic mass is 10.3. The van der Waals surface area contributed by atoms with Crippen LogP contribution in [-0.4, -0.2) is 16.3 Å². The van der Waals surface area contributed by atoms with Crippen molar-refractivity contribution >= 4 is 22.6 Å². The molecule has 0 aliphatic carbocycles. The highest BCUT2D eigenvalue weighted by Crippen LogP contribution is 2.17. The van der Waals surface area contributed by atoms with Crippen molar-refractivity contribution in [2.45, 2.75) is 19.9 Å². The van der Waals surface area contributed by atoms with Crippen molar-refractivity contribution in [3.8, 4) is 5.69 Å². The Balaban J connectivity index is 2.13. The highest BCUT2D eigenvalue weighted by atomic mass is 127. The van der Waals surface area contributed by atoms with Crippen molar-refractivity contribution in [1.82, 2.24) is 15.1 Å². The lowest BCUT2D eigenvalue weighted by Gasteiger charge is -2.04. The molecule has 0 atom stereocenters. The first-order valence-corrected chi connectivity index (χ1v) is 6.99. The van der Waals surface area contributed by atoms with Crippen molar-refractivity contribution in [3.05, 3.63) is 45.5 Å². The standard InChI is InChI=1S/C13H15FIN3/c1-2-6-16-9-11-5-7-18(17-11)13-4-3-10(14)8-12(13)15/h3-5,7-8,16H,2,6,9H2,1H3. The number of hydrogen-bond donors (Lipinski definition) is 1. The van der Waals surface area contributed by atoms with Crippen molar-refractivity contribution in [2.75, 3.05) is 6.54 Å². The Morgan fingerprint density at radius 3 is 2.94 bits per heavy atom. The first kappa shape index (κ1) is 13.5. The fourth-order valence-corrected chi connectivity index (χ4v) is 2.37. The number of benzene rings is 1. The van der Waals surface area contributed by atoms with Crippen LogP contribution in [0, 0.1) is 9.39 Å². The van der Waals surface area contributed by atoms with Crippen molar-refractivity contribution in [2.24, 2.45) is 0 Å². The molecule has 1 aromatic heterocycles. The normalized spacial score (nSPS) is 10.8. The summed E-state index contributed by atoms with van der Waals surface area (Å²) in [5.41, 5.74) is 1.89. The van der Waals surface area contributed by atoms with Gasteiger partial charge in [-0.15, -0.1) is 0 Å². The second-order valence-corrected chi connectivity index (χ2v) is 5.19. The summed E-state index contributed by atoms with van der Waals surface area (Å²) in [6.45, 7) is 3.88. The predicted octanol–water partition coefficient (Wildman–Crippen LogP) is 3.12. The summed E-state index contributed by atoms with van der Waals surface area (Å²) in [6, 6.07) is 6.68. The zero-order valence-electron chi connectivity index (χ0n) is 10.2. The zero-order valence-corrected chi connectivity index (χ0v) is 12.3. The third-order valence-electron chi connectivity index (χ3n) is 2.53. The Morgan fingerprint density at radius 1 is 1.39 bits per heavy atom. The second-order valence-electron chi connectivity index (χ2n) is 4.02. The molecule has 0 saturated carbocycles. The summed E-state index contributed by atoms with van der Waals surface area (Å²) in [5.74, 6) is -0.222. The van der Waals surface area contributed by atoms with Crippen LogP contribution in [0.3, 0.4) is 0 Å². The number of nitrogens with zero attached hydrogens (tertiary/aromatic N) is 2. The lowest BCUT2D eigenvalue weighted by molar-refractivity contribution is 0.625. The van der Waals surface area contributed by atoms with E-state index in [-0.39, 0.29) is 5.82 Å². The molecular formula is C13H15FIN3. The fourth-order valence-electron chi connectivity index (χ4n) is 1.65. The van der Waals surface area contributed by atoms with Crippen LogP contribution in [0.5, 0.6) is 0 Å². The van der Waals surface area contributed by atoms with Crippen molar-refractivity contribution in [1.29, 1.82) is 0 Å². The van der Waals surface area contributed by atoms with Crippen LogP contribution in [0.15, 0.2) is 30.5 Å². The van der Waals surface area contributed by atoms with E-state index in [0.717, 1.165) is 34.5 Å². The predicted molar refractivity (Wildman–Crippen MR) is 78.2 cm³/mol. The summed E-state index contributed by atoms with van der Waals surface area (Å²) < 4.78 is 15.7. The molecule has 0 spiro atoms. The van der Waals surface area contributed by atoms with Gasteiger partial charge in [0.05, 0.1) is 11.4 Å². The minimum Gasteiger partial charge on any atom is -0.311 e. The highest BCUT2D eigenvalue weighted by Gasteiger charge is 2.05. The summed E-state index contributed by atoms with van der Waals surface area (Å²) >= 11 is 2.12. The van der Waals surface area contributed by atoms with Crippen LogP contribution in [0.2, 0.25) is 0 Å². The molecule has 18 heavy (non-hydrogen) atoms. The first-order chi connectivity index (χ1) is 8.70. The van der Waals surface area contributed by atoms with Gasteiger partial charge in [0, 0.05) is 16.3 Å². The first-order valence-electron chi connectivity index (χ1n) is 5.91. The van der Waals surface area contributed by atoms with Gasteiger partial charge < -0.3 is 5.32 Å². The Labute approximate surface area is 120 Å². The molecule has 1 aromatic carbocycles. The molecule has 1 heterocycles. The van der Waals surface area contributed by atoms with E-state index in [1.54, 1.807) is 10.7 Å². The molecule has 0 aliphatic rings. The summed E-state index contributed by atoms with van der Waals surface area (Å²) in [7, 11) is 0. The molecule has 0 amide bonds. The number of rotatable bonds is 5. The smallest absolute Gasteiger partial charge is 0.124 e. The van der Waals surface area contributed by atoms with E-state index >= 15 is 0 Å². The minimum absolute atomic E-state index is 0.222. The summed E-state index contributed by atoms with van der Waals surface area (Å²) in [5, 5.41) is 7.77. The van der Waals surface area contributed by atoms with E-state index in [0.29, 0.717) is 0 Å². The third kappa shape index (κ3) is 3.29. The highest BCUT2D eigenvalue weighted by molar-refractivity contribution is 14.1. The van der Waals surface area contributed by atoms with Gasteiger partial charge in [-0.25, -0.2) is 9.07 Å². The number of hydrogen-bond acceptors (Lipinski definition) is 2. The van der Waals surface area contributed by atoms with Gasteiger partial charge >= 0.3 is 0 Å². The number of aromatic nitrogens is 2. The van der Waals surface area contributed by atoms with E-state index in [1.807, 2.05) is 12.3 Å². The molecule has 96 valence electrons. The minimum atomic E-state index is -0.222. The van der Waals surface area contributed by atoms with E-state index in [2.05, 4.69) is 39.9 Å². The molecular weight excluding hydrogens is 344 g/mol. The lowest BCUT2D eigenvalue weighted by Crippen LogP contribution is -2.14. The average molecular weight is 359 g/mol. The van der Waals surface area contributed by atoms with Crippen LogP contribution in [0.1, 0.15) is 19.0 Å². The molecule has 0 fully saturated rings. The molecule has 5 heteroatoms. The largest absolute Gasteiger partial charge is 0.311 e. The maximum atomic E-state index is 13.0. The molecule has 0 saturated heterocycles. The number of halogens is 2. The van der Waals surface area contributed by atoms with Crippen molar-refractivity contribution < 1.29 is 4.39 Å². The van der Waals surface area contributed by atoms with Gasteiger partial charge in [-0.2, -0.15) is 5.10 Å². The molecule has 0 radical (unpaired) electrons. The molecule has 3 nitrogen and oxygen atoms in total. The van der Waals surface area contributed by atoms with E-state index in [9.17, 15) is 4.39 Å². The van der Waals surface area contributed by atoms with Crippen LogP contribution in [0.25, 0.3) is 5.69 Å². The molecule has 1 N–H and O–H groups in total. The van der Waals surface area contributed by atoms with Crippen LogP contribution < -0.4 is 5.32 Å². The SMILES string of the molecule is CCCNCc1ccn(-c2ccc(F)cc2I)n1. The third-order valence-corrected chi connectivity index (χ3v) is 3.40. The summed E-state index contributed by atoms with van der Waals surface area (Å²) in [4.78, 5) is 0. The molecule has 2 aromatic rings. The quantitative estimate of drug-likeness (QED) is 0.657. The van der Waals surface area contributed by atoms with Gasteiger partial charge in [0.1, 0.15) is 5.82 Å². The number of nitrogens with one attached hydrogen (secondary N) is 1. The maximum Gasteiger partial charge on any atom is 0.124 e. The molecule has 0 bridgehead atoms. The monoisotopic (exact) mass is 359 g/mol. The van der Waals surface area contributed by atoms with Crippen molar-refractivity contribution in [3.63, 3.8) is 0 Å². The maximum absolute atomic E-state index is 13.0. The Bertz CT molecular complexity index is 525. The van der Waals surface area contributed by atoms with Gasteiger partial charge in [-0.3, -0.25) is 0 Å². The Hall–Kier alpha value is -0.950. The van der Waals surface area contributed by atoms with Gasteiger partial charge in [0.15, 0.2) is 0 Å². The van der Waals surface area contributed by atoms with E-state index < -0.39 is 0 Å². The van der Waals surface area contributed by atoms with Crippen LogP contribution in [-0.2, 0) is 6.54 Å². The second kappa shape index (κ2) is 6.29. The topological polar surface area (TPSA) is 29.9 Å². The van der Waals surface area contributed by atoms with Gasteiger partial charge in [-0.05, 0) is 59.8 Å². The molecule has 0 aliphatic heterocycles. The Morgan fingerprint density at radius 2 is 2.22 bits per heavy atom. The molecule has 0 unspecified atom stereocenters. The summed E-state index contributed by atoms with van der Waals surface area (Å²) in [6.07, 6.45) is 3.01.